The Labute approximate surface area is 201 Å². The summed E-state index contributed by atoms with van der Waals surface area (Å²) in [7, 11) is 0. The SMILES string of the molecule is CC(C)NC(=O)c1c[nH]c2ncc(C(=N)c3c(F)cc(Cl)cc3NCCN3CCOCC3)nc12. The van der Waals surface area contributed by atoms with E-state index in [1.165, 1.54) is 18.5 Å². The molecule has 1 aliphatic heterocycles. The Morgan fingerprint density at radius 3 is 2.85 bits per heavy atom. The fourth-order valence-electron chi connectivity index (χ4n) is 3.79. The standard InChI is InChI=1S/C23H27ClFN7O2/c1-13(2)30-23(33)15-11-28-22-21(15)31-18(12-29-22)20(26)19-16(25)9-14(24)10-17(19)27-3-4-32-5-7-34-8-6-32/h9-13,26-27H,3-8H2,1-2H3,(H,28,29)(H,30,33). The molecule has 11 heteroatoms. The van der Waals surface area contributed by atoms with Gasteiger partial charge in [0.15, 0.2) is 5.65 Å². The maximum absolute atomic E-state index is 15.0. The van der Waals surface area contributed by atoms with E-state index in [1.54, 1.807) is 6.07 Å². The molecule has 0 spiro atoms. The van der Waals surface area contributed by atoms with Crippen LogP contribution >= 0.6 is 11.6 Å². The van der Waals surface area contributed by atoms with Gasteiger partial charge >= 0.3 is 0 Å². The van der Waals surface area contributed by atoms with E-state index in [0.29, 0.717) is 42.2 Å². The summed E-state index contributed by atoms with van der Waals surface area (Å²) in [6.07, 6.45) is 2.91. The predicted molar refractivity (Wildman–Crippen MR) is 130 cm³/mol. The first-order valence-corrected chi connectivity index (χ1v) is 11.5. The van der Waals surface area contributed by atoms with Crippen LogP contribution in [-0.2, 0) is 4.74 Å². The first-order chi connectivity index (χ1) is 16.3. The summed E-state index contributed by atoms with van der Waals surface area (Å²) in [6.45, 7) is 8.07. The van der Waals surface area contributed by atoms with Crippen molar-refractivity contribution in [3.05, 3.63) is 52.2 Å². The Bertz CT molecular complexity index is 1210. The van der Waals surface area contributed by atoms with E-state index >= 15 is 4.39 Å². The summed E-state index contributed by atoms with van der Waals surface area (Å²) in [6, 6.07) is 2.71. The van der Waals surface area contributed by atoms with Gasteiger partial charge in [0.2, 0.25) is 0 Å². The molecular formula is C23H27ClFN7O2. The second kappa shape index (κ2) is 10.5. The monoisotopic (exact) mass is 487 g/mol. The number of nitrogens with zero attached hydrogens (tertiary/aromatic N) is 3. The van der Waals surface area contributed by atoms with Crippen LogP contribution in [0.25, 0.3) is 11.2 Å². The topological polar surface area (TPSA) is 119 Å². The van der Waals surface area contributed by atoms with Gasteiger partial charge in [-0.05, 0) is 26.0 Å². The van der Waals surface area contributed by atoms with Gasteiger partial charge in [-0.3, -0.25) is 15.1 Å². The van der Waals surface area contributed by atoms with Gasteiger partial charge in [-0.15, -0.1) is 0 Å². The van der Waals surface area contributed by atoms with Crippen molar-refractivity contribution in [2.45, 2.75) is 19.9 Å². The third-order valence-corrected chi connectivity index (χ3v) is 5.67. The van der Waals surface area contributed by atoms with E-state index in [4.69, 9.17) is 21.7 Å². The summed E-state index contributed by atoms with van der Waals surface area (Å²) in [5.41, 5.74) is 1.46. The van der Waals surface area contributed by atoms with Crippen LogP contribution in [0.5, 0.6) is 0 Å². The van der Waals surface area contributed by atoms with Crippen LogP contribution in [0.15, 0.2) is 24.5 Å². The van der Waals surface area contributed by atoms with Crippen molar-refractivity contribution in [2.24, 2.45) is 0 Å². The molecule has 3 heterocycles. The molecule has 1 saturated heterocycles. The Morgan fingerprint density at radius 2 is 2.12 bits per heavy atom. The number of rotatable bonds is 8. The molecule has 2 aromatic heterocycles. The highest BCUT2D eigenvalue weighted by Crippen LogP contribution is 2.27. The Kier molecular flexibility index (Phi) is 7.40. The van der Waals surface area contributed by atoms with Crippen LogP contribution in [0.1, 0.15) is 35.5 Å². The van der Waals surface area contributed by atoms with E-state index in [0.717, 1.165) is 19.6 Å². The lowest BCUT2D eigenvalue weighted by atomic mass is 10.0. The molecule has 1 fully saturated rings. The van der Waals surface area contributed by atoms with E-state index in [-0.39, 0.29) is 33.9 Å². The van der Waals surface area contributed by atoms with Crippen molar-refractivity contribution >= 4 is 40.1 Å². The summed E-state index contributed by atoms with van der Waals surface area (Å²) < 4.78 is 20.4. The minimum atomic E-state index is -0.639. The summed E-state index contributed by atoms with van der Waals surface area (Å²) in [5.74, 6) is -0.942. The molecular weight excluding hydrogens is 461 g/mol. The van der Waals surface area contributed by atoms with Crippen LogP contribution in [0.3, 0.4) is 0 Å². The number of hydrogen-bond donors (Lipinski definition) is 4. The molecule has 4 rings (SSSR count). The Balaban J connectivity index is 1.61. The lowest BCUT2D eigenvalue weighted by Gasteiger charge is -2.27. The molecule has 0 saturated carbocycles. The molecule has 1 aromatic carbocycles. The molecule has 1 amide bonds. The number of hydrogen-bond acceptors (Lipinski definition) is 7. The maximum atomic E-state index is 15.0. The first-order valence-electron chi connectivity index (χ1n) is 11.1. The minimum Gasteiger partial charge on any atom is -0.383 e. The summed E-state index contributed by atoms with van der Waals surface area (Å²) >= 11 is 6.11. The molecule has 0 bridgehead atoms. The lowest BCUT2D eigenvalue weighted by Crippen LogP contribution is -2.39. The average Bonchev–Trinajstić information content (AvgIpc) is 3.22. The number of benzene rings is 1. The maximum Gasteiger partial charge on any atom is 0.255 e. The van der Waals surface area contributed by atoms with Crippen LogP contribution in [0.4, 0.5) is 10.1 Å². The molecule has 0 unspecified atom stereocenters. The van der Waals surface area contributed by atoms with Gasteiger partial charge < -0.3 is 20.4 Å². The van der Waals surface area contributed by atoms with E-state index in [2.05, 4.69) is 30.5 Å². The van der Waals surface area contributed by atoms with E-state index < -0.39 is 5.82 Å². The zero-order valence-corrected chi connectivity index (χ0v) is 19.8. The fraction of sp³-hybridized carbons (Fsp3) is 0.391. The van der Waals surface area contributed by atoms with Gasteiger partial charge in [-0.1, -0.05) is 11.6 Å². The molecule has 9 nitrogen and oxygen atoms in total. The molecule has 0 radical (unpaired) electrons. The van der Waals surface area contributed by atoms with Crippen molar-refractivity contribution in [2.75, 3.05) is 44.7 Å². The fourth-order valence-corrected chi connectivity index (χ4v) is 4.00. The van der Waals surface area contributed by atoms with Crippen LogP contribution in [0, 0.1) is 11.2 Å². The van der Waals surface area contributed by atoms with Gasteiger partial charge in [0.25, 0.3) is 5.91 Å². The quantitative estimate of drug-likeness (QED) is 0.363. The second-order valence-corrected chi connectivity index (χ2v) is 8.79. The number of aromatic nitrogens is 3. The second-order valence-electron chi connectivity index (χ2n) is 8.35. The van der Waals surface area contributed by atoms with Crippen molar-refractivity contribution in [1.82, 2.24) is 25.2 Å². The highest BCUT2D eigenvalue weighted by Gasteiger charge is 2.21. The van der Waals surface area contributed by atoms with Crippen LogP contribution < -0.4 is 10.6 Å². The van der Waals surface area contributed by atoms with Gasteiger partial charge in [0.05, 0.1) is 36.2 Å². The molecule has 34 heavy (non-hydrogen) atoms. The molecule has 180 valence electrons. The van der Waals surface area contributed by atoms with Gasteiger partial charge in [-0.2, -0.15) is 0 Å². The van der Waals surface area contributed by atoms with Gasteiger partial charge in [-0.25, -0.2) is 14.4 Å². The van der Waals surface area contributed by atoms with Crippen LogP contribution in [0.2, 0.25) is 5.02 Å². The van der Waals surface area contributed by atoms with Crippen molar-refractivity contribution in [3.63, 3.8) is 0 Å². The van der Waals surface area contributed by atoms with E-state index in [1.807, 2.05) is 13.8 Å². The third kappa shape index (κ3) is 5.35. The number of H-pyrrole nitrogens is 1. The number of ether oxygens (including phenoxy) is 1. The number of halogens is 2. The molecule has 1 aliphatic rings. The number of morpholine rings is 1. The number of aromatic amines is 1. The zero-order chi connectivity index (χ0) is 24.2. The van der Waals surface area contributed by atoms with Crippen molar-refractivity contribution in [1.29, 1.82) is 5.41 Å². The van der Waals surface area contributed by atoms with Gasteiger partial charge in [0, 0.05) is 49.1 Å². The number of amides is 1. The minimum absolute atomic E-state index is 0.0451. The number of carbonyl (C=O) groups excluding carboxylic acids is 1. The lowest BCUT2D eigenvalue weighted by molar-refractivity contribution is 0.0398. The largest absolute Gasteiger partial charge is 0.383 e. The molecule has 0 aliphatic carbocycles. The van der Waals surface area contributed by atoms with Crippen molar-refractivity contribution in [3.8, 4) is 0 Å². The number of nitrogens with one attached hydrogen (secondary N) is 4. The van der Waals surface area contributed by atoms with E-state index in [9.17, 15) is 4.79 Å². The highest BCUT2D eigenvalue weighted by molar-refractivity contribution is 6.31. The van der Waals surface area contributed by atoms with Crippen molar-refractivity contribution < 1.29 is 13.9 Å². The number of carbonyl (C=O) groups is 1. The Hall–Kier alpha value is -3.08. The molecule has 3 aromatic rings. The molecule has 4 N–H and O–H groups in total. The highest BCUT2D eigenvalue weighted by atomic mass is 35.5. The smallest absolute Gasteiger partial charge is 0.255 e. The Morgan fingerprint density at radius 1 is 1.35 bits per heavy atom. The predicted octanol–water partition coefficient (Wildman–Crippen LogP) is 3.05. The summed E-state index contributed by atoms with van der Waals surface area (Å²) in [5, 5.41) is 15.0. The summed E-state index contributed by atoms with van der Waals surface area (Å²) in [4.78, 5) is 26.4. The number of fused-ring (bicyclic) bond motifs is 1. The number of anilines is 1. The molecule has 0 atom stereocenters. The third-order valence-electron chi connectivity index (χ3n) is 5.45. The average molecular weight is 488 g/mol. The normalized spacial score (nSPS) is 14.5. The first kappa shape index (κ1) is 24.1. The zero-order valence-electron chi connectivity index (χ0n) is 19.0. The van der Waals surface area contributed by atoms with Gasteiger partial charge in [0.1, 0.15) is 17.0 Å². The van der Waals surface area contributed by atoms with Crippen LogP contribution in [-0.4, -0.2) is 76.9 Å².